The molecule has 0 fully saturated rings. The van der Waals surface area contributed by atoms with E-state index in [1.54, 1.807) is 6.92 Å². The number of aromatic nitrogens is 2. The van der Waals surface area contributed by atoms with Crippen LogP contribution >= 0.6 is 0 Å². The first-order chi connectivity index (χ1) is 6.98. The van der Waals surface area contributed by atoms with E-state index in [1.165, 1.54) is 19.3 Å². The van der Waals surface area contributed by atoms with Crippen molar-refractivity contribution in [1.82, 2.24) is 9.97 Å². The Balaban J connectivity index is 2.93. The van der Waals surface area contributed by atoms with Gasteiger partial charge in [-0.1, -0.05) is 6.92 Å². The van der Waals surface area contributed by atoms with Crippen molar-refractivity contribution < 1.29 is 9.90 Å². The van der Waals surface area contributed by atoms with Crippen LogP contribution in [0.5, 0.6) is 0 Å². The standard InChI is InChI=1S/C9H13N3O3/c1-3-9(2,8(14)15)12-6-4-7(13)11-5-10-6/h4-5H,3H2,1-2H3,(H,14,15)(H2,10,11,12,13). The summed E-state index contributed by atoms with van der Waals surface area (Å²) in [7, 11) is 0. The maximum Gasteiger partial charge on any atom is 0.329 e. The number of hydrogen-bond donors (Lipinski definition) is 3. The Morgan fingerprint density at radius 2 is 2.40 bits per heavy atom. The molecule has 0 saturated carbocycles. The summed E-state index contributed by atoms with van der Waals surface area (Å²) in [6.07, 6.45) is 1.61. The van der Waals surface area contributed by atoms with Crippen molar-refractivity contribution in [2.45, 2.75) is 25.8 Å². The number of aromatic amines is 1. The first kappa shape index (κ1) is 11.2. The highest BCUT2D eigenvalue weighted by Crippen LogP contribution is 2.15. The molecule has 1 atom stereocenters. The lowest BCUT2D eigenvalue weighted by Crippen LogP contribution is -2.43. The molecule has 0 aromatic carbocycles. The molecule has 1 aromatic heterocycles. The maximum atomic E-state index is 11.0. The lowest BCUT2D eigenvalue weighted by atomic mass is 9.99. The summed E-state index contributed by atoms with van der Waals surface area (Å²) in [5, 5.41) is 11.7. The Morgan fingerprint density at radius 3 is 2.87 bits per heavy atom. The highest BCUT2D eigenvalue weighted by Gasteiger charge is 2.31. The Bertz CT molecular complexity index is 415. The lowest BCUT2D eigenvalue weighted by Gasteiger charge is -2.24. The number of carbonyl (C=O) groups is 1. The van der Waals surface area contributed by atoms with Gasteiger partial charge >= 0.3 is 5.97 Å². The SMILES string of the molecule is CCC(C)(Nc1cc(=O)[nH]cn1)C(=O)O. The summed E-state index contributed by atoms with van der Waals surface area (Å²) < 4.78 is 0. The fraction of sp³-hybridized carbons (Fsp3) is 0.444. The topological polar surface area (TPSA) is 95.1 Å². The fourth-order valence-electron chi connectivity index (χ4n) is 1.01. The van der Waals surface area contributed by atoms with Gasteiger partial charge in [-0.3, -0.25) is 4.79 Å². The van der Waals surface area contributed by atoms with Gasteiger partial charge in [0.15, 0.2) is 0 Å². The lowest BCUT2D eigenvalue weighted by molar-refractivity contribution is -0.141. The molecule has 0 saturated heterocycles. The van der Waals surface area contributed by atoms with Gasteiger partial charge in [0, 0.05) is 6.07 Å². The number of H-pyrrole nitrogens is 1. The van der Waals surface area contributed by atoms with Gasteiger partial charge in [0.1, 0.15) is 11.4 Å². The minimum absolute atomic E-state index is 0.255. The van der Waals surface area contributed by atoms with Gasteiger partial charge in [-0.2, -0.15) is 0 Å². The number of carboxylic acid groups (broad SMARTS) is 1. The number of hydrogen-bond acceptors (Lipinski definition) is 4. The van der Waals surface area contributed by atoms with Crippen molar-refractivity contribution in [3.05, 3.63) is 22.7 Å². The molecule has 1 unspecified atom stereocenters. The van der Waals surface area contributed by atoms with Crippen LogP contribution in [0.2, 0.25) is 0 Å². The molecule has 0 bridgehead atoms. The Morgan fingerprint density at radius 1 is 1.73 bits per heavy atom. The van der Waals surface area contributed by atoms with Crippen LogP contribution in [0, 0.1) is 0 Å². The third kappa shape index (κ3) is 2.55. The molecule has 3 N–H and O–H groups in total. The van der Waals surface area contributed by atoms with Crippen LogP contribution in [0.3, 0.4) is 0 Å². The van der Waals surface area contributed by atoms with Crippen LogP contribution in [0.4, 0.5) is 5.82 Å². The minimum atomic E-state index is -1.11. The van der Waals surface area contributed by atoms with Crippen molar-refractivity contribution in [3.63, 3.8) is 0 Å². The zero-order valence-electron chi connectivity index (χ0n) is 8.57. The number of carboxylic acids is 1. The molecule has 0 amide bonds. The highest BCUT2D eigenvalue weighted by molar-refractivity contribution is 5.81. The summed E-state index contributed by atoms with van der Waals surface area (Å²) in [4.78, 5) is 28.1. The molecule has 0 aliphatic carbocycles. The third-order valence-corrected chi connectivity index (χ3v) is 2.26. The molecule has 1 heterocycles. The second kappa shape index (κ2) is 4.12. The monoisotopic (exact) mass is 211 g/mol. The molecule has 6 heteroatoms. The molecular formula is C9H13N3O3. The Kier molecular flexibility index (Phi) is 3.08. The van der Waals surface area contributed by atoms with E-state index >= 15 is 0 Å². The van der Waals surface area contributed by atoms with Crippen LogP contribution in [0.25, 0.3) is 0 Å². The molecule has 0 aliphatic heterocycles. The van der Waals surface area contributed by atoms with E-state index in [1.807, 2.05) is 0 Å². The van der Waals surface area contributed by atoms with Crippen molar-refractivity contribution in [2.24, 2.45) is 0 Å². The summed E-state index contributed by atoms with van der Waals surface area (Å²) in [6, 6.07) is 1.22. The predicted octanol–water partition coefficient (Wildman–Crippen LogP) is 0.435. The molecule has 1 aromatic rings. The third-order valence-electron chi connectivity index (χ3n) is 2.26. The van der Waals surface area contributed by atoms with Crippen molar-refractivity contribution >= 4 is 11.8 Å². The average Bonchev–Trinajstić information content (AvgIpc) is 2.17. The summed E-state index contributed by atoms with van der Waals surface area (Å²) in [6.45, 7) is 3.28. The van der Waals surface area contributed by atoms with Gasteiger partial charge in [0.05, 0.1) is 6.33 Å². The van der Waals surface area contributed by atoms with Crippen LogP contribution in [-0.2, 0) is 4.79 Å². The zero-order valence-corrected chi connectivity index (χ0v) is 8.57. The van der Waals surface area contributed by atoms with E-state index in [9.17, 15) is 9.59 Å². The molecule has 0 spiro atoms. The van der Waals surface area contributed by atoms with Crippen LogP contribution in [-0.4, -0.2) is 26.6 Å². The van der Waals surface area contributed by atoms with Gasteiger partial charge in [0.25, 0.3) is 5.56 Å². The smallest absolute Gasteiger partial charge is 0.329 e. The molecule has 15 heavy (non-hydrogen) atoms. The number of rotatable bonds is 4. The normalized spacial score (nSPS) is 14.3. The van der Waals surface area contributed by atoms with Gasteiger partial charge < -0.3 is 15.4 Å². The van der Waals surface area contributed by atoms with Gasteiger partial charge in [-0.05, 0) is 13.3 Å². The van der Waals surface area contributed by atoms with Crippen molar-refractivity contribution in [1.29, 1.82) is 0 Å². The van der Waals surface area contributed by atoms with E-state index in [0.717, 1.165) is 0 Å². The second-order valence-corrected chi connectivity index (χ2v) is 3.41. The summed E-state index contributed by atoms with van der Waals surface area (Å²) >= 11 is 0. The second-order valence-electron chi connectivity index (χ2n) is 3.41. The summed E-state index contributed by atoms with van der Waals surface area (Å²) in [5.74, 6) is -0.724. The molecule has 6 nitrogen and oxygen atoms in total. The highest BCUT2D eigenvalue weighted by atomic mass is 16.4. The number of anilines is 1. The van der Waals surface area contributed by atoms with E-state index in [0.29, 0.717) is 6.42 Å². The molecule has 0 radical (unpaired) electrons. The molecule has 0 aliphatic rings. The predicted molar refractivity (Wildman–Crippen MR) is 54.8 cm³/mol. The van der Waals surface area contributed by atoms with Gasteiger partial charge in [-0.25, -0.2) is 9.78 Å². The zero-order chi connectivity index (χ0) is 11.5. The van der Waals surface area contributed by atoms with E-state index in [4.69, 9.17) is 5.11 Å². The first-order valence-electron chi connectivity index (χ1n) is 4.54. The van der Waals surface area contributed by atoms with E-state index in [2.05, 4.69) is 15.3 Å². The van der Waals surface area contributed by atoms with Crippen molar-refractivity contribution in [3.8, 4) is 0 Å². The van der Waals surface area contributed by atoms with Crippen LogP contribution in [0.15, 0.2) is 17.2 Å². The van der Waals surface area contributed by atoms with Gasteiger partial charge in [0.2, 0.25) is 0 Å². The quantitative estimate of drug-likeness (QED) is 0.671. The number of nitrogens with one attached hydrogen (secondary N) is 2. The maximum absolute atomic E-state index is 11.0. The fourth-order valence-corrected chi connectivity index (χ4v) is 1.01. The molecule has 1 rings (SSSR count). The van der Waals surface area contributed by atoms with Crippen LogP contribution in [0.1, 0.15) is 20.3 Å². The van der Waals surface area contributed by atoms with Crippen molar-refractivity contribution in [2.75, 3.05) is 5.32 Å². The Labute approximate surface area is 86.4 Å². The number of aliphatic carboxylic acids is 1. The van der Waals surface area contributed by atoms with Gasteiger partial charge in [-0.15, -0.1) is 0 Å². The molecular weight excluding hydrogens is 198 g/mol. The largest absolute Gasteiger partial charge is 0.480 e. The first-order valence-corrected chi connectivity index (χ1v) is 4.54. The minimum Gasteiger partial charge on any atom is -0.480 e. The molecule has 82 valence electrons. The number of nitrogens with zero attached hydrogens (tertiary/aromatic N) is 1. The van der Waals surface area contributed by atoms with E-state index in [-0.39, 0.29) is 11.4 Å². The van der Waals surface area contributed by atoms with E-state index < -0.39 is 11.5 Å². The average molecular weight is 211 g/mol. The van der Waals surface area contributed by atoms with Crippen LogP contribution < -0.4 is 10.9 Å². The summed E-state index contributed by atoms with van der Waals surface area (Å²) in [5.41, 5.74) is -1.43. The Hall–Kier alpha value is -1.85.